The van der Waals surface area contributed by atoms with Crippen molar-refractivity contribution in [3.63, 3.8) is 0 Å². The molecule has 0 aliphatic carbocycles. The zero-order chi connectivity index (χ0) is 19.2. The van der Waals surface area contributed by atoms with Crippen LogP contribution in [0.1, 0.15) is 36.6 Å². The van der Waals surface area contributed by atoms with Crippen LogP contribution in [0.15, 0.2) is 24.3 Å². The van der Waals surface area contributed by atoms with Crippen LogP contribution < -0.4 is 10.6 Å². The van der Waals surface area contributed by atoms with Gasteiger partial charge in [-0.3, -0.25) is 4.90 Å². The molecule has 27 heavy (non-hydrogen) atoms. The maximum Gasteiger partial charge on any atom is 0.229 e. The minimum Gasteiger partial charge on any atom is -0.379 e. The minimum absolute atomic E-state index is 0.434. The Balaban J connectivity index is 1.68. The monoisotopic (exact) mass is 369 g/mol. The third kappa shape index (κ3) is 5.40. The van der Waals surface area contributed by atoms with Crippen LogP contribution in [0.3, 0.4) is 0 Å². The fourth-order valence-corrected chi connectivity index (χ4v) is 3.34. The van der Waals surface area contributed by atoms with Gasteiger partial charge in [-0.1, -0.05) is 32.0 Å². The summed E-state index contributed by atoms with van der Waals surface area (Å²) in [4.78, 5) is 11.7. The first-order valence-electron chi connectivity index (χ1n) is 9.79. The highest BCUT2D eigenvalue weighted by Gasteiger charge is 2.12. The number of rotatable bonds is 7. The molecular formula is C21H31N5O. The fraction of sp³-hybridized carbons (Fsp3) is 0.524. The zero-order valence-electron chi connectivity index (χ0n) is 16.9. The molecule has 1 aromatic carbocycles. The summed E-state index contributed by atoms with van der Waals surface area (Å²) in [5.41, 5.74) is 4.54. The van der Waals surface area contributed by atoms with E-state index in [2.05, 4.69) is 64.5 Å². The Morgan fingerprint density at radius 2 is 1.93 bits per heavy atom. The zero-order valence-corrected chi connectivity index (χ0v) is 16.9. The van der Waals surface area contributed by atoms with Gasteiger partial charge >= 0.3 is 0 Å². The van der Waals surface area contributed by atoms with Crippen LogP contribution in [-0.2, 0) is 4.74 Å². The molecule has 3 rings (SSSR count). The maximum atomic E-state index is 5.40. The Morgan fingerprint density at radius 3 is 2.67 bits per heavy atom. The lowest BCUT2D eigenvalue weighted by Gasteiger charge is -2.26. The summed E-state index contributed by atoms with van der Waals surface area (Å²) in [5.74, 6) is 1.93. The molecule has 2 N–H and O–H groups in total. The van der Waals surface area contributed by atoms with Crippen molar-refractivity contribution < 1.29 is 4.74 Å². The Kier molecular flexibility index (Phi) is 6.63. The summed E-state index contributed by atoms with van der Waals surface area (Å²) in [7, 11) is 0. The lowest BCUT2D eigenvalue weighted by atomic mass is 9.98. The number of para-hydroxylation sites is 1. The van der Waals surface area contributed by atoms with Crippen molar-refractivity contribution in [1.82, 2.24) is 14.9 Å². The minimum atomic E-state index is 0.434. The van der Waals surface area contributed by atoms with E-state index in [-0.39, 0.29) is 0 Å². The van der Waals surface area contributed by atoms with Gasteiger partial charge in [-0.15, -0.1) is 0 Å². The van der Waals surface area contributed by atoms with Gasteiger partial charge < -0.3 is 15.4 Å². The summed E-state index contributed by atoms with van der Waals surface area (Å²) in [5, 5.41) is 6.89. The van der Waals surface area contributed by atoms with Gasteiger partial charge in [0.15, 0.2) is 0 Å². The van der Waals surface area contributed by atoms with E-state index in [0.29, 0.717) is 11.9 Å². The highest BCUT2D eigenvalue weighted by Crippen LogP contribution is 2.29. The van der Waals surface area contributed by atoms with E-state index >= 15 is 0 Å². The Hall–Kier alpha value is -2.18. The molecule has 1 aliphatic rings. The summed E-state index contributed by atoms with van der Waals surface area (Å²) in [6, 6.07) is 8.38. The highest BCUT2D eigenvalue weighted by atomic mass is 16.5. The van der Waals surface area contributed by atoms with Gasteiger partial charge in [-0.2, -0.15) is 4.98 Å². The van der Waals surface area contributed by atoms with Gasteiger partial charge in [0.05, 0.1) is 13.2 Å². The molecule has 0 unspecified atom stereocenters. The number of nitrogens with one attached hydrogen (secondary N) is 2. The van der Waals surface area contributed by atoms with Crippen LogP contribution in [0.25, 0.3) is 0 Å². The molecule has 1 aliphatic heterocycles. The van der Waals surface area contributed by atoms with Crippen LogP contribution in [0, 0.1) is 13.8 Å². The van der Waals surface area contributed by atoms with E-state index in [4.69, 9.17) is 4.74 Å². The molecule has 146 valence electrons. The van der Waals surface area contributed by atoms with Crippen molar-refractivity contribution in [3.8, 4) is 0 Å². The molecule has 0 saturated carbocycles. The largest absolute Gasteiger partial charge is 0.379 e. The van der Waals surface area contributed by atoms with Gasteiger partial charge in [0, 0.05) is 43.6 Å². The van der Waals surface area contributed by atoms with E-state index in [9.17, 15) is 0 Å². The summed E-state index contributed by atoms with van der Waals surface area (Å²) in [6.07, 6.45) is 0. The second-order valence-corrected chi connectivity index (χ2v) is 7.42. The summed E-state index contributed by atoms with van der Waals surface area (Å²) >= 11 is 0. The van der Waals surface area contributed by atoms with Crippen LogP contribution in [0.5, 0.6) is 0 Å². The summed E-state index contributed by atoms with van der Waals surface area (Å²) in [6.45, 7) is 14.0. The predicted octanol–water partition coefficient (Wildman–Crippen LogP) is 3.70. The molecule has 2 aromatic rings. The normalized spacial score (nSPS) is 15.1. The number of nitrogens with zero attached hydrogens (tertiary/aromatic N) is 3. The number of hydrogen-bond donors (Lipinski definition) is 2. The Morgan fingerprint density at radius 1 is 1.15 bits per heavy atom. The highest BCUT2D eigenvalue weighted by molar-refractivity contribution is 5.64. The second-order valence-electron chi connectivity index (χ2n) is 7.42. The van der Waals surface area contributed by atoms with Crippen molar-refractivity contribution in [3.05, 3.63) is 41.1 Å². The molecule has 0 amide bonds. The number of benzene rings is 1. The van der Waals surface area contributed by atoms with Gasteiger partial charge in [0.1, 0.15) is 5.82 Å². The number of morpholine rings is 1. The molecule has 6 nitrogen and oxygen atoms in total. The lowest BCUT2D eigenvalue weighted by molar-refractivity contribution is 0.0398. The van der Waals surface area contributed by atoms with Crippen LogP contribution in [-0.4, -0.2) is 54.3 Å². The molecule has 1 saturated heterocycles. The molecule has 6 heteroatoms. The van der Waals surface area contributed by atoms with Crippen LogP contribution >= 0.6 is 0 Å². The Bertz CT molecular complexity index is 756. The first-order chi connectivity index (χ1) is 13.0. The number of anilines is 3. The van der Waals surface area contributed by atoms with Gasteiger partial charge in [0.25, 0.3) is 0 Å². The fourth-order valence-electron chi connectivity index (χ4n) is 3.34. The van der Waals surface area contributed by atoms with Crippen molar-refractivity contribution in [2.24, 2.45) is 0 Å². The van der Waals surface area contributed by atoms with E-state index in [1.807, 2.05) is 13.0 Å². The predicted molar refractivity (Wildman–Crippen MR) is 111 cm³/mol. The molecule has 0 radical (unpaired) electrons. The number of ether oxygens (including phenoxy) is 1. The second kappa shape index (κ2) is 9.15. The standard InChI is InChI=1S/C21H31N5O/c1-15(2)18-7-5-6-16(3)20(18)25-21-23-17(4)14-19(24-21)22-8-9-26-10-12-27-13-11-26/h5-7,14-15H,8-13H2,1-4H3,(H2,22,23,24,25). The molecule has 0 bridgehead atoms. The number of hydrogen-bond acceptors (Lipinski definition) is 6. The quantitative estimate of drug-likeness (QED) is 0.776. The molecule has 1 fully saturated rings. The van der Waals surface area contributed by atoms with Gasteiger partial charge in [0.2, 0.25) is 5.95 Å². The van der Waals surface area contributed by atoms with Crippen molar-refractivity contribution >= 4 is 17.5 Å². The van der Waals surface area contributed by atoms with Crippen LogP contribution in [0.2, 0.25) is 0 Å². The van der Waals surface area contributed by atoms with Crippen LogP contribution in [0.4, 0.5) is 17.5 Å². The first-order valence-corrected chi connectivity index (χ1v) is 9.79. The number of aromatic nitrogens is 2. The van der Waals surface area contributed by atoms with Crippen molar-refractivity contribution in [1.29, 1.82) is 0 Å². The molecule has 0 atom stereocenters. The lowest BCUT2D eigenvalue weighted by Crippen LogP contribution is -2.39. The smallest absolute Gasteiger partial charge is 0.229 e. The first kappa shape index (κ1) is 19.6. The third-order valence-electron chi connectivity index (χ3n) is 4.86. The van der Waals surface area contributed by atoms with Crippen molar-refractivity contribution in [2.45, 2.75) is 33.6 Å². The SMILES string of the molecule is Cc1cc(NCCN2CCOCC2)nc(Nc2c(C)cccc2C(C)C)n1. The number of aryl methyl sites for hydroxylation is 2. The molecule has 2 heterocycles. The van der Waals surface area contributed by atoms with Gasteiger partial charge in [-0.05, 0) is 30.9 Å². The average Bonchev–Trinajstić information content (AvgIpc) is 2.64. The Labute approximate surface area is 162 Å². The maximum absolute atomic E-state index is 5.40. The topological polar surface area (TPSA) is 62.3 Å². The van der Waals surface area contributed by atoms with E-state index < -0.39 is 0 Å². The van der Waals surface area contributed by atoms with E-state index in [0.717, 1.165) is 56.6 Å². The average molecular weight is 370 g/mol. The molecular weight excluding hydrogens is 338 g/mol. The van der Waals surface area contributed by atoms with Gasteiger partial charge in [-0.25, -0.2) is 4.98 Å². The van der Waals surface area contributed by atoms with E-state index in [1.54, 1.807) is 0 Å². The molecule has 1 aromatic heterocycles. The third-order valence-corrected chi connectivity index (χ3v) is 4.86. The van der Waals surface area contributed by atoms with E-state index in [1.165, 1.54) is 11.1 Å². The summed E-state index contributed by atoms with van der Waals surface area (Å²) < 4.78 is 5.40. The molecule has 0 spiro atoms. The van der Waals surface area contributed by atoms with Crippen molar-refractivity contribution in [2.75, 3.05) is 50.0 Å².